The second-order valence-electron chi connectivity index (χ2n) is 9.30. The van der Waals surface area contributed by atoms with Crippen LogP contribution in [0.4, 0.5) is 5.69 Å². The number of hydrogen-bond acceptors (Lipinski definition) is 4. The Morgan fingerprint density at radius 2 is 1.91 bits per heavy atom. The second kappa shape index (κ2) is 10.4. The van der Waals surface area contributed by atoms with E-state index in [2.05, 4.69) is 82.6 Å². The smallest absolute Gasteiger partial charge is 0.173 e. The van der Waals surface area contributed by atoms with Crippen LogP contribution in [0, 0.1) is 6.92 Å². The Morgan fingerprint density at radius 1 is 1.09 bits per heavy atom. The first-order valence-electron chi connectivity index (χ1n) is 12.2. The molecule has 0 radical (unpaired) electrons. The number of hydrogen-bond donors (Lipinski definition) is 1. The molecule has 1 N–H and O–H groups in total. The Labute approximate surface area is 211 Å². The molecule has 0 amide bonds. The van der Waals surface area contributed by atoms with Crippen LogP contribution < -0.4 is 5.32 Å². The third-order valence-electron chi connectivity index (χ3n) is 6.81. The van der Waals surface area contributed by atoms with Crippen molar-refractivity contribution in [2.75, 3.05) is 32.0 Å². The number of para-hydroxylation sites is 1. The van der Waals surface area contributed by atoms with Gasteiger partial charge in [0.2, 0.25) is 0 Å². The van der Waals surface area contributed by atoms with Crippen molar-refractivity contribution in [3.05, 3.63) is 70.7 Å². The number of aryl methyl sites for hydroxylation is 1. The van der Waals surface area contributed by atoms with E-state index >= 15 is 0 Å². The number of piperidine rings is 1. The van der Waals surface area contributed by atoms with Crippen LogP contribution in [0.1, 0.15) is 35.3 Å². The van der Waals surface area contributed by atoms with Crippen molar-refractivity contribution in [1.82, 2.24) is 14.8 Å². The van der Waals surface area contributed by atoms with Crippen molar-refractivity contribution in [3.63, 3.8) is 0 Å². The van der Waals surface area contributed by atoms with Gasteiger partial charge in [0.05, 0.1) is 5.52 Å². The minimum absolute atomic E-state index is 0.858. The van der Waals surface area contributed by atoms with Gasteiger partial charge in [0, 0.05) is 53.0 Å². The number of aromatic nitrogens is 1. The van der Waals surface area contributed by atoms with Crippen LogP contribution in [-0.2, 0) is 13.0 Å². The SMILES string of the molecule is Cc1sc2ccc(NC(=S)N3CCCCC3)cc2c1CCN(C)Cc1ccnc2ccccc12. The number of likely N-dealkylation sites (N-methyl/N-ethyl adjacent to an activating group) is 1. The van der Waals surface area contributed by atoms with Crippen LogP contribution in [0.3, 0.4) is 0 Å². The average Bonchev–Trinajstić information content (AvgIpc) is 3.17. The summed E-state index contributed by atoms with van der Waals surface area (Å²) in [5.74, 6) is 0. The lowest BCUT2D eigenvalue weighted by Crippen LogP contribution is -2.38. The number of likely N-dealkylation sites (tertiary alicyclic amines) is 1. The van der Waals surface area contributed by atoms with Gasteiger partial charge in [-0.3, -0.25) is 4.98 Å². The van der Waals surface area contributed by atoms with E-state index in [4.69, 9.17) is 12.2 Å². The van der Waals surface area contributed by atoms with Crippen LogP contribution in [-0.4, -0.2) is 46.6 Å². The molecule has 6 heteroatoms. The molecular formula is C28H32N4S2. The Bertz CT molecular complexity index is 1300. The van der Waals surface area contributed by atoms with Gasteiger partial charge in [0.25, 0.3) is 0 Å². The van der Waals surface area contributed by atoms with E-state index in [-0.39, 0.29) is 0 Å². The fourth-order valence-corrected chi connectivity index (χ4v) is 6.32. The van der Waals surface area contributed by atoms with Crippen LogP contribution in [0.15, 0.2) is 54.7 Å². The van der Waals surface area contributed by atoms with E-state index in [0.29, 0.717) is 0 Å². The van der Waals surface area contributed by atoms with Gasteiger partial charge < -0.3 is 15.1 Å². The lowest BCUT2D eigenvalue weighted by molar-refractivity contribution is 0.332. The van der Waals surface area contributed by atoms with Gasteiger partial charge in [-0.25, -0.2) is 0 Å². The summed E-state index contributed by atoms with van der Waals surface area (Å²) in [6.07, 6.45) is 6.74. The van der Waals surface area contributed by atoms with Gasteiger partial charge in [-0.15, -0.1) is 11.3 Å². The number of pyridine rings is 1. The molecule has 0 unspecified atom stereocenters. The molecule has 4 nitrogen and oxygen atoms in total. The van der Waals surface area contributed by atoms with E-state index in [1.165, 1.54) is 50.7 Å². The molecule has 2 aromatic carbocycles. The first kappa shape index (κ1) is 23.2. The third-order valence-corrected chi connectivity index (χ3v) is 8.30. The van der Waals surface area contributed by atoms with Crippen molar-refractivity contribution in [3.8, 4) is 0 Å². The molecule has 5 rings (SSSR count). The summed E-state index contributed by atoms with van der Waals surface area (Å²) in [6.45, 7) is 6.31. The van der Waals surface area contributed by atoms with Crippen LogP contribution >= 0.6 is 23.6 Å². The number of thiophene rings is 1. The molecule has 176 valence electrons. The highest BCUT2D eigenvalue weighted by atomic mass is 32.1. The predicted molar refractivity (Wildman–Crippen MR) is 150 cm³/mol. The lowest BCUT2D eigenvalue weighted by atomic mass is 10.1. The Morgan fingerprint density at radius 3 is 2.76 bits per heavy atom. The average molecular weight is 489 g/mol. The van der Waals surface area contributed by atoms with Gasteiger partial charge in [-0.1, -0.05) is 18.2 Å². The van der Waals surface area contributed by atoms with Crippen LogP contribution in [0.2, 0.25) is 0 Å². The fraction of sp³-hybridized carbons (Fsp3) is 0.357. The summed E-state index contributed by atoms with van der Waals surface area (Å²) in [4.78, 5) is 10.6. The minimum atomic E-state index is 0.858. The second-order valence-corrected chi connectivity index (χ2v) is 10.9. The number of fused-ring (bicyclic) bond motifs is 2. The highest BCUT2D eigenvalue weighted by molar-refractivity contribution is 7.80. The molecule has 4 aromatic rings. The van der Waals surface area contributed by atoms with Gasteiger partial charge in [-0.2, -0.15) is 0 Å². The number of rotatable bonds is 6. The summed E-state index contributed by atoms with van der Waals surface area (Å²) >= 11 is 7.60. The van der Waals surface area contributed by atoms with Gasteiger partial charge in [0.15, 0.2) is 5.11 Å². The van der Waals surface area contributed by atoms with E-state index < -0.39 is 0 Å². The van der Waals surface area contributed by atoms with E-state index in [1.54, 1.807) is 0 Å². The summed E-state index contributed by atoms with van der Waals surface area (Å²) in [6, 6.07) is 17.2. The Kier molecular flexibility index (Phi) is 7.09. The molecular weight excluding hydrogens is 456 g/mol. The quantitative estimate of drug-likeness (QED) is 0.309. The van der Waals surface area contributed by atoms with Gasteiger partial charge in [0.1, 0.15) is 0 Å². The maximum atomic E-state index is 5.70. The zero-order chi connectivity index (χ0) is 23.5. The van der Waals surface area contributed by atoms with E-state index in [1.807, 2.05) is 17.5 Å². The summed E-state index contributed by atoms with van der Waals surface area (Å²) in [5.41, 5.74) is 4.95. The van der Waals surface area contributed by atoms with Crippen molar-refractivity contribution < 1.29 is 0 Å². The molecule has 0 aliphatic carbocycles. The summed E-state index contributed by atoms with van der Waals surface area (Å²) < 4.78 is 1.35. The first-order valence-corrected chi connectivity index (χ1v) is 13.4. The van der Waals surface area contributed by atoms with E-state index in [9.17, 15) is 0 Å². The van der Waals surface area contributed by atoms with Gasteiger partial charge >= 0.3 is 0 Å². The normalized spacial score (nSPS) is 14.3. The third kappa shape index (κ3) is 5.09. The highest BCUT2D eigenvalue weighted by Gasteiger charge is 2.15. The lowest BCUT2D eigenvalue weighted by Gasteiger charge is -2.29. The monoisotopic (exact) mass is 488 g/mol. The van der Waals surface area contributed by atoms with E-state index in [0.717, 1.165) is 48.9 Å². The predicted octanol–water partition coefficient (Wildman–Crippen LogP) is 6.62. The molecule has 1 aliphatic heterocycles. The molecule has 3 heterocycles. The molecule has 0 saturated carbocycles. The van der Waals surface area contributed by atoms with Crippen LogP contribution in [0.5, 0.6) is 0 Å². The number of anilines is 1. The highest BCUT2D eigenvalue weighted by Crippen LogP contribution is 2.33. The minimum Gasteiger partial charge on any atom is -0.349 e. The zero-order valence-electron chi connectivity index (χ0n) is 20.0. The topological polar surface area (TPSA) is 31.4 Å². The maximum Gasteiger partial charge on any atom is 0.173 e. The van der Waals surface area contributed by atoms with Gasteiger partial charge in [-0.05, 0) is 98.7 Å². The number of benzene rings is 2. The largest absolute Gasteiger partial charge is 0.349 e. The Hall–Kier alpha value is -2.54. The van der Waals surface area contributed by atoms with Crippen LogP contribution in [0.25, 0.3) is 21.0 Å². The molecule has 34 heavy (non-hydrogen) atoms. The molecule has 1 aliphatic rings. The maximum absolute atomic E-state index is 5.70. The molecule has 2 aromatic heterocycles. The first-order chi connectivity index (χ1) is 16.6. The standard InChI is InChI=1S/C28H32N4S2/c1-20-23(13-17-31(2)19-21-12-14-29-26-9-5-4-8-24(21)26)25-18-22(10-11-27(25)34-20)30-28(33)32-15-6-3-7-16-32/h4-5,8-12,14,18H,3,6-7,13,15-17,19H2,1-2H3,(H,30,33). The number of nitrogens with one attached hydrogen (secondary N) is 1. The zero-order valence-corrected chi connectivity index (χ0v) is 21.6. The number of thiocarbonyl (C=S) groups is 1. The molecule has 0 bridgehead atoms. The Balaban J connectivity index is 1.28. The molecule has 1 fully saturated rings. The van der Waals surface area contributed by atoms with Crippen molar-refractivity contribution in [2.45, 2.75) is 39.2 Å². The van der Waals surface area contributed by atoms with Crippen molar-refractivity contribution >= 4 is 55.3 Å². The summed E-state index contributed by atoms with van der Waals surface area (Å²) in [5, 5.41) is 6.96. The molecule has 0 spiro atoms. The van der Waals surface area contributed by atoms with Crippen molar-refractivity contribution in [2.24, 2.45) is 0 Å². The summed E-state index contributed by atoms with van der Waals surface area (Å²) in [7, 11) is 2.21. The molecule has 1 saturated heterocycles. The number of nitrogens with zero attached hydrogens (tertiary/aromatic N) is 3. The van der Waals surface area contributed by atoms with Crippen molar-refractivity contribution in [1.29, 1.82) is 0 Å². The molecule has 0 atom stereocenters. The fourth-order valence-electron chi connectivity index (χ4n) is 4.92.